The number of nitrogens with two attached hydrogens (primary N) is 1. The number of primary amides is 1. The summed E-state index contributed by atoms with van der Waals surface area (Å²) in [5.74, 6) is 2.62. The fourth-order valence-electron chi connectivity index (χ4n) is 5.73. The highest BCUT2D eigenvalue weighted by atomic mass is 16.5. The summed E-state index contributed by atoms with van der Waals surface area (Å²) in [5.41, 5.74) is 8.36. The largest absolute Gasteiger partial charge is 0.493 e. The van der Waals surface area contributed by atoms with Gasteiger partial charge in [0.25, 0.3) is 5.91 Å². The molecule has 8 heteroatoms. The lowest BCUT2D eigenvalue weighted by atomic mass is 9.53. The molecule has 4 N–H and O–H groups in total. The summed E-state index contributed by atoms with van der Waals surface area (Å²) >= 11 is 0. The smallest absolute Gasteiger partial charge is 0.335 e. The van der Waals surface area contributed by atoms with E-state index in [-0.39, 0.29) is 18.2 Å². The van der Waals surface area contributed by atoms with Crippen molar-refractivity contribution in [3.8, 4) is 11.5 Å². The molecule has 0 atom stereocenters. The number of hydrazone groups is 1. The van der Waals surface area contributed by atoms with Gasteiger partial charge in [0.1, 0.15) is 0 Å². The van der Waals surface area contributed by atoms with Gasteiger partial charge in [-0.2, -0.15) is 5.10 Å². The second-order valence-corrected chi connectivity index (χ2v) is 8.69. The number of nitrogens with zero attached hydrogens (tertiary/aromatic N) is 1. The Morgan fingerprint density at radius 3 is 2.41 bits per heavy atom. The van der Waals surface area contributed by atoms with Crippen LogP contribution in [-0.2, 0) is 4.79 Å². The molecule has 0 spiro atoms. The molecule has 0 heterocycles. The van der Waals surface area contributed by atoms with Crippen LogP contribution in [0.5, 0.6) is 11.5 Å². The molecule has 3 amide bonds. The number of amides is 3. The maximum absolute atomic E-state index is 12.4. The minimum absolute atomic E-state index is 0.0447. The minimum Gasteiger partial charge on any atom is -0.493 e. The Labute approximate surface area is 170 Å². The lowest BCUT2D eigenvalue weighted by Gasteiger charge is -2.56. The molecule has 0 aliphatic heterocycles. The summed E-state index contributed by atoms with van der Waals surface area (Å²) in [6, 6.07) is 4.87. The predicted molar refractivity (Wildman–Crippen MR) is 108 cm³/mol. The molecule has 5 rings (SSSR count). The Morgan fingerprint density at radius 1 is 1.17 bits per heavy atom. The van der Waals surface area contributed by atoms with Gasteiger partial charge in [-0.25, -0.2) is 10.2 Å². The van der Waals surface area contributed by atoms with Crippen molar-refractivity contribution in [2.45, 2.75) is 44.1 Å². The van der Waals surface area contributed by atoms with Gasteiger partial charge in [-0.3, -0.25) is 4.79 Å². The van der Waals surface area contributed by atoms with Gasteiger partial charge in [0, 0.05) is 5.54 Å². The Kier molecular flexibility index (Phi) is 5.34. The normalized spacial score (nSPS) is 29.6. The first-order valence-corrected chi connectivity index (χ1v) is 10.1. The second kappa shape index (κ2) is 7.93. The molecular formula is C21H28N4O4. The van der Waals surface area contributed by atoms with E-state index in [0.717, 1.165) is 42.6 Å². The minimum atomic E-state index is -0.563. The fourth-order valence-corrected chi connectivity index (χ4v) is 5.73. The molecular weight excluding hydrogens is 372 g/mol. The number of hydrogen-bond donors (Lipinski definition) is 3. The molecule has 0 unspecified atom stereocenters. The summed E-state index contributed by atoms with van der Waals surface area (Å²) in [7, 11) is 1.50. The van der Waals surface area contributed by atoms with Gasteiger partial charge in [0.05, 0.1) is 13.3 Å². The average molecular weight is 400 g/mol. The molecule has 1 aromatic carbocycles. The Bertz CT molecular complexity index is 788. The van der Waals surface area contributed by atoms with E-state index in [1.54, 1.807) is 24.4 Å². The van der Waals surface area contributed by atoms with Crippen LogP contribution >= 0.6 is 0 Å². The predicted octanol–water partition coefficient (Wildman–Crippen LogP) is 2.16. The summed E-state index contributed by atoms with van der Waals surface area (Å²) in [6.07, 6.45) is 8.84. The summed E-state index contributed by atoms with van der Waals surface area (Å²) in [5, 5.41) is 7.28. The van der Waals surface area contributed by atoms with Gasteiger partial charge in [-0.05, 0) is 80.0 Å². The first kappa shape index (κ1) is 19.5. The van der Waals surface area contributed by atoms with E-state index in [2.05, 4.69) is 15.8 Å². The van der Waals surface area contributed by atoms with Crippen molar-refractivity contribution in [2.75, 3.05) is 13.7 Å². The van der Waals surface area contributed by atoms with Crippen LogP contribution in [0.15, 0.2) is 23.3 Å². The van der Waals surface area contributed by atoms with Crippen molar-refractivity contribution in [3.05, 3.63) is 23.8 Å². The third-order valence-corrected chi connectivity index (χ3v) is 6.35. The first-order valence-electron chi connectivity index (χ1n) is 10.1. The maximum Gasteiger partial charge on any atom is 0.335 e. The highest BCUT2D eigenvalue weighted by Gasteiger charge is 2.51. The average Bonchev–Trinajstić information content (AvgIpc) is 2.65. The number of urea groups is 1. The molecule has 8 nitrogen and oxygen atoms in total. The number of rotatable bonds is 7. The highest BCUT2D eigenvalue weighted by Crippen LogP contribution is 2.55. The lowest BCUT2D eigenvalue weighted by Crippen LogP contribution is -2.61. The van der Waals surface area contributed by atoms with Crippen LogP contribution in [0.1, 0.15) is 44.1 Å². The zero-order valence-corrected chi connectivity index (χ0v) is 16.6. The molecule has 0 saturated heterocycles. The van der Waals surface area contributed by atoms with Crippen LogP contribution in [0, 0.1) is 17.8 Å². The van der Waals surface area contributed by atoms with Gasteiger partial charge in [-0.1, -0.05) is 0 Å². The van der Waals surface area contributed by atoms with Crippen molar-refractivity contribution in [2.24, 2.45) is 28.6 Å². The molecule has 0 aromatic heterocycles. The molecule has 1 aromatic rings. The van der Waals surface area contributed by atoms with Gasteiger partial charge < -0.3 is 20.5 Å². The number of methoxy groups -OCH3 is 1. The van der Waals surface area contributed by atoms with E-state index in [1.807, 2.05) is 0 Å². The Balaban J connectivity index is 1.33. The third kappa shape index (κ3) is 4.46. The van der Waals surface area contributed by atoms with E-state index in [0.29, 0.717) is 11.5 Å². The highest BCUT2D eigenvalue weighted by molar-refractivity contribution is 5.83. The lowest BCUT2D eigenvalue weighted by molar-refractivity contribution is -0.119. The van der Waals surface area contributed by atoms with Crippen molar-refractivity contribution in [1.82, 2.24) is 10.7 Å². The van der Waals surface area contributed by atoms with E-state index >= 15 is 0 Å². The summed E-state index contributed by atoms with van der Waals surface area (Å²) < 4.78 is 10.6. The summed E-state index contributed by atoms with van der Waals surface area (Å²) in [4.78, 5) is 23.3. The fraction of sp³-hybridized carbons (Fsp3) is 0.571. The maximum atomic E-state index is 12.4. The van der Waals surface area contributed by atoms with Gasteiger partial charge in [0.2, 0.25) is 0 Å². The molecule has 4 aliphatic rings. The second-order valence-electron chi connectivity index (χ2n) is 8.69. The van der Waals surface area contributed by atoms with Crippen LogP contribution < -0.4 is 25.9 Å². The standard InChI is InChI=1S/C21H28N4O4/c1-28-18-7-13(2-3-17(18)29-12-19(22)26)11-23-25-20(27)24-21-8-14-4-15(9-21)6-16(5-14)10-21/h2-3,7,11,14-16H,4-6,8-10,12H2,1H3,(H2,22,26)(H2,24,25,27)/b23-11-. The SMILES string of the molecule is COc1cc(/C=N\NC(=O)NC23CC4CC(CC(C4)C2)C3)ccc1OCC(N)=O. The molecule has 156 valence electrons. The van der Waals surface area contributed by atoms with Gasteiger partial charge in [0.15, 0.2) is 18.1 Å². The number of ether oxygens (including phenoxy) is 2. The number of benzene rings is 1. The Hall–Kier alpha value is -2.77. The van der Waals surface area contributed by atoms with E-state index in [9.17, 15) is 9.59 Å². The van der Waals surface area contributed by atoms with E-state index in [1.165, 1.54) is 26.4 Å². The number of nitrogens with one attached hydrogen (secondary N) is 2. The van der Waals surface area contributed by atoms with Crippen LogP contribution in [0.3, 0.4) is 0 Å². The van der Waals surface area contributed by atoms with Crippen molar-refractivity contribution < 1.29 is 19.1 Å². The summed E-state index contributed by atoms with van der Waals surface area (Å²) in [6.45, 7) is -0.226. The third-order valence-electron chi connectivity index (χ3n) is 6.35. The van der Waals surface area contributed by atoms with Crippen LogP contribution in [0.4, 0.5) is 4.79 Å². The number of carbonyl (C=O) groups is 2. The quantitative estimate of drug-likeness (QED) is 0.480. The molecule has 4 fully saturated rings. The van der Waals surface area contributed by atoms with Gasteiger partial charge in [-0.15, -0.1) is 0 Å². The van der Waals surface area contributed by atoms with Crippen molar-refractivity contribution in [1.29, 1.82) is 0 Å². The van der Waals surface area contributed by atoms with E-state index in [4.69, 9.17) is 15.2 Å². The topological polar surface area (TPSA) is 115 Å². The monoisotopic (exact) mass is 400 g/mol. The molecule has 0 radical (unpaired) electrons. The Morgan fingerprint density at radius 2 is 1.83 bits per heavy atom. The van der Waals surface area contributed by atoms with Crippen molar-refractivity contribution in [3.63, 3.8) is 0 Å². The number of hydrogen-bond acceptors (Lipinski definition) is 5. The first-order chi connectivity index (χ1) is 13.9. The van der Waals surface area contributed by atoms with E-state index < -0.39 is 5.91 Å². The zero-order valence-electron chi connectivity index (χ0n) is 16.6. The molecule has 4 saturated carbocycles. The molecule has 4 aliphatic carbocycles. The van der Waals surface area contributed by atoms with Crippen LogP contribution in [-0.4, -0.2) is 37.4 Å². The molecule has 29 heavy (non-hydrogen) atoms. The zero-order chi connectivity index (χ0) is 20.4. The number of carbonyl (C=O) groups excluding carboxylic acids is 2. The van der Waals surface area contributed by atoms with Crippen molar-refractivity contribution >= 4 is 18.2 Å². The molecule has 4 bridgehead atoms. The van der Waals surface area contributed by atoms with Crippen LogP contribution in [0.25, 0.3) is 0 Å². The van der Waals surface area contributed by atoms with Crippen LogP contribution in [0.2, 0.25) is 0 Å². The van der Waals surface area contributed by atoms with Gasteiger partial charge >= 0.3 is 6.03 Å².